The Balaban J connectivity index is 1.59. The summed E-state index contributed by atoms with van der Waals surface area (Å²) in [5, 5.41) is 11.5. The second-order valence-corrected chi connectivity index (χ2v) is 10.7. The first-order valence-corrected chi connectivity index (χ1v) is 13.3. The number of hydrogen-bond donors (Lipinski definition) is 2. The van der Waals surface area contributed by atoms with E-state index in [4.69, 9.17) is 0 Å². The molecule has 0 atom stereocenters. The first kappa shape index (κ1) is 25.3. The van der Waals surface area contributed by atoms with Crippen molar-refractivity contribution in [2.45, 2.75) is 18.7 Å². The Hall–Kier alpha value is -3.82. The predicted molar refractivity (Wildman–Crippen MR) is 146 cm³/mol. The van der Waals surface area contributed by atoms with Gasteiger partial charge in [-0.25, -0.2) is 8.42 Å². The van der Waals surface area contributed by atoms with E-state index in [0.29, 0.717) is 17.1 Å². The van der Waals surface area contributed by atoms with Gasteiger partial charge in [-0.15, -0.1) is 5.11 Å². The van der Waals surface area contributed by atoms with E-state index < -0.39 is 15.9 Å². The minimum absolute atomic E-state index is 0.0817. The maximum atomic E-state index is 13.2. The first-order valence-electron chi connectivity index (χ1n) is 11.0. The van der Waals surface area contributed by atoms with Crippen LogP contribution < -0.4 is 10.0 Å². The number of azo groups is 1. The summed E-state index contributed by atoms with van der Waals surface area (Å²) in [6.45, 7) is 3.91. The van der Waals surface area contributed by atoms with Crippen LogP contribution in [0.4, 0.5) is 22.7 Å². The van der Waals surface area contributed by atoms with Crippen molar-refractivity contribution in [2.24, 2.45) is 10.2 Å². The van der Waals surface area contributed by atoms with Crippen molar-refractivity contribution in [1.82, 2.24) is 0 Å². The van der Waals surface area contributed by atoms with Crippen LogP contribution in [0.3, 0.4) is 0 Å². The molecule has 0 aliphatic rings. The summed E-state index contributed by atoms with van der Waals surface area (Å²) in [6, 6.07) is 25.7. The molecule has 0 spiro atoms. The third-order valence-electron chi connectivity index (χ3n) is 5.25. The number of nitrogens with zero attached hydrogens (tertiary/aromatic N) is 2. The Kier molecular flexibility index (Phi) is 7.61. The molecule has 0 unspecified atom stereocenters. The van der Waals surface area contributed by atoms with E-state index in [9.17, 15) is 13.2 Å². The van der Waals surface area contributed by atoms with Crippen molar-refractivity contribution >= 4 is 54.6 Å². The van der Waals surface area contributed by atoms with Gasteiger partial charge in [-0.2, -0.15) is 5.11 Å². The number of benzene rings is 4. The molecule has 7 nitrogen and oxygen atoms in total. The highest BCUT2D eigenvalue weighted by molar-refractivity contribution is 9.10. The van der Waals surface area contributed by atoms with E-state index in [1.54, 1.807) is 42.5 Å². The normalized spacial score (nSPS) is 11.4. The van der Waals surface area contributed by atoms with Gasteiger partial charge in [0.05, 0.1) is 27.5 Å². The number of para-hydroxylation sites is 1. The topological polar surface area (TPSA) is 100.0 Å². The summed E-state index contributed by atoms with van der Waals surface area (Å²) in [6.07, 6.45) is 0. The van der Waals surface area contributed by atoms with Crippen molar-refractivity contribution in [3.63, 3.8) is 0 Å². The number of halogens is 1. The molecule has 4 aromatic carbocycles. The lowest BCUT2D eigenvalue weighted by Gasteiger charge is -2.14. The average Bonchev–Trinajstić information content (AvgIpc) is 2.85. The summed E-state index contributed by atoms with van der Waals surface area (Å²) in [7, 11) is -3.90. The van der Waals surface area contributed by atoms with Crippen LogP contribution in [0.15, 0.2) is 111 Å². The summed E-state index contributed by atoms with van der Waals surface area (Å²) >= 11 is 3.30. The third kappa shape index (κ3) is 6.24. The number of anilines is 2. The largest absolute Gasteiger partial charge is 0.320 e. The zero-order valence-electron chi connectivity index (χ0n) is 19.6. The maximum Gasteiger partial charge on any atom is 0.261 e. The Morgan fingerprint density at radius 2 is 1.44 bits per heavy atom. The van der Waals surface area contributed by atoms with Gasteiger partial charge < -0.3 is 5.32 Å². The fourth-order valence-electron chi connectivity index (χ4n) is 3.33. The molecule has 0 saturated carbocycles. The van der Waals surface area contributed by atoms with E-state index in [0.717, 1.165) is 15.6 Å². The molecule has 0 aliphatic heterocycles. The monoisotopic (exact) mass is 562 g/mol. The number of carbonyl (C=O) groups is 1. The van der Waals surface area contributed by atoms with E-state index in [1.807, 2.05) is 50.2 Å². The lowest BCUT2D eigenvalue weighted by Crippen LogP contribution is -2.18. The van der Waals surface area contributed by atoms with Gasteiger partial charge in [-0.1, -0.05) is 51.8 Å². The van der Waals surface area contributed by atoms with Gasteiger partial charge in [0.15, 0.2) is 0 Å². The molecule has 0 fully saturated rings. The Morgan fingerprint density at radius 1 is 0.778 bits per heavy atom. The van der Waals surface area contributed by atoms with Gasteiger partial charge in [0.1, 0.15) is 5.69 Å². The lowest BCUT2D eigenvalue weighted by atomic mass is 10.1. The van der Waals surface area contributed by atoms with Gasteiger partial charge in [0.25, 0.3) is 15.9 Å². The predicted octanol–water partition coefficient (Wildman–Crippen LogP) is 7.53. The molecule has 0 aliphatic carbocycles. The highest BCUT2D eigenvalue weighted by atomic mass is 79.9. The first-order chi connectivity index (χ1) is 17.2. The van der Waals surface area contributed by atoms with Gasteiger partial charge in [0.2, 0.25) is 0 Å². The van der Waals surface area contributed by atoms with Crippen LogP contribution >= 0.6 is 15.9 Å². The average molecular weight is 563 g/mol. The molecule has 1 amide bonds. The van der Waals surface area contributed by atoms with E-state index in [1.165, 1.54) is 12.1 Å². The molecule has 0 bridgehead atoms. The molecule has 4 aromatic rings. The lowest BCUT2D eigenvalue weighted by molar-refractivity contribution is 0.102. The summed E-state index contributed by atoms with van der Waals surface area (Å²) < 4.78 is 29.1. The number of rotatable bonds is 7. The molecule has 0 heterocycles. The molecule has 182 valence electrons. The number of amides is 1. The zero-order valence-corrected chi connectivity index (χ0v) is 22.0. The van der Waals surface area contributed by atoms with Crippen LogP contribution in [0, 0.1) is 13.8 Å². The van der Waals surface area contributed by atoms with Crippen molar-refractivity contribution in [3.05, 3.63) is 112 Å². The van der Waals surface area contributed by atoms with Crippen molar-refractivity contribution in [3.8, 4) is 0 Å². The van der Waals surface area contributed by atoms with Crippen LogP contribution in [0.2, 0.25) is 0 Å². The van der Waals surface area contributed by atoms with Gasteiger partial charge >= 0.3 is 0 Å². The molecular weight excluding hydrogens is 540 g/mol. The highest BCUT2D eigenvalue weighted by Crippen LogP contribution is 2.30. The van der Waals surface area contributed by atoms with E-state index in [2.05, 4.69) is 36.2 Å². The highest BCUT2D eigenvalue weighted by Gasteiger charge is 2.19. The van der Waals surface area contributed by atoms with Gasteiger partial charge in [-0.3, -0.25) is 9.52 Å². The number of hydrogen-bond acceptors (Lipinski definition) is 5. The summed E-state index contributed by atoms with van der Waals surface area (Å²) in [5.41, 5.74) is 4.02. The Morgan fingerprint density at radius 3 is 2.17 bits per heavy atom. The van der Waals surface area contributed by atoms with E-state index >= 15 is 0 Å². The molecule has 0 aromatic heterocycles. The van der Waals surface area contributed by atoms with Crippen LogP contribution in [0.1, 0.15) is 21.5 Å². The fraction of sp³-hybridized carbons (Fsp3) is 0.0741. The number of sulfonamides is 1. The van der Waals surface area contributed by atoms with Gasteiger partial charge in [0, 0.05) is 4.47 Å². The summed E-state index contributed by atoms with van der Waals surface area (Å²) in [5.74, 6) is -0.486. The van der Waals surface area contributed by atoms with Crippen LogP contribution in [0.5, 0.6) is 0 Å². The quantitative estimate of drug-likeness (QED) is 0.227. The van der Waals surface area contributed by atoms with Crippen LogP contribution in [-0.4, -0.2) is 14.3 Å². The Labute approximate surface area is 218 Å². The molecule has 2 N–H and O–H groups in total. The number of carbonyl (C=O) groups excluding carboxylic acids is 1. The van der Waals surface area contributed by atoms with Crippen molar-refractivity contribution < 1.29 is 13.2 Å². The smallest absolute Gasteiger partial charge is 0.261 e. The Bertz CT molecular complexity index is 1530. The minimum Gasteiger partial charge on any atom is -0.320 e. The molecule has 0 radical (unpaired) electrons. The molecule has 4 rings (SSSR count). The minimum atomic E-state index is -3.90. The SMILES string of the molecule is Cc1ccc(N=Nc2cc(C)ccc2NC(=O)c2ccccc2NS(=O)(=O)c2ccc(Br)cc2)cc1. The molecule has 9 heteroatoms. The third-order valence-corrected chi connectivity index (χ3v) is 7.16. The standard InChI is InChI=1S/C27H23BrN4O3S/c1-18-7-12-21(13-8-18)30-31-26-17-19(2)9-16-25(26)29-27(33)23-5-3-4-6-24(23)32-36(34,35)22-14-10-20(28)11-15-22/h3-17,32H,1-2H3,(H,29,33). The second-order valence-electron chi connectivity index (χ2n) is 8.12. The maximum absolute atomic E-state index is 13.2. The van der Waals surface area contributed by atoms with Gasteiger partial charge in [-0.05, 0) is 80.1 Å². The number of nitrogens with one attached hydrogen (secondary N) is 2. The van der Waals surface area contributed by atoms with Crippen LogP contribution in [0.25, 0.3) is 0 Å². The van der Waals surface area contributed by atoms with Crippen molar-refractivity contribution in [2.75, 3.05) is 10.0 Å². The van der Waals surface area contributed by atoms with Crippen molar-refractivity contribution in [1.29, 1.82) is 0 Å². The fourth-order valence-corrected chi connectivity index (χ4v) is 4.67. The number of aryl methyl sites for hydroxylation is 2. The molecular formula is C27H23BrN4O3S. The molecule has 0 saturated heterocycles. The summed E-state index contributed by atoms with van der Waals surface area (Å²) in [4.78, 5) is 13.3. The zero-order chi connectivity index (χ0) is 25.7. The van der Waals surface area contributed by atoms with Crippen LogP contribution in [-0.2, 0) is 10.0 Å². The second kappa shape index (κ2) is 10.8. The van der Waals surface area contributed by atoms with E-state index in [-0.39, 0.29) is 16.1 Å². The molecule has 36 heavy (non-hydrogen) atoms.